The number of Topliss-reactive ketones (excluding diaryl/α,β-unsaturated/α-hetero) is 1. The number of methoxy groups -OCH3 is 1. The van der Waals surface area contributed by atoms with Gasteiger partial charge in [-0.1, -0.05) is 48.0 Å². The summed E-state index contributed by atoms with van der Waals surface area (Å²) >= 11 is 6.00. The van der Waals surface area contributed by atoms with Gasteiger partial charge in [0.1, 0.15) is 18.1 Å². The molecular weight excluding hydrogens is 506 g/mol. The second kappa shape index (κ2) is 10.9. The van der Waals surface area contributed by atoms with Crippen molar-refractivity contribution in [1.29, 1.82) is 0 Å². The quantitative estimate of drug-likeness (QED) is 0.167. The third-order valence-corrected chi connectivity index (χ3v) is 6.56. The van der Waals surface area contributed by atoms with Gasteiger partial charge in [0, 0.05) is 10.6 Å². The summed E-state index contributed by atoms with van der Waals surface area (Å²) in [5, 5.41) is 11.7. The average molecular weight is 530 g/mol. The monoisotopic (exact) mass is 529 g/mol. The highest BCUT2D eigenvalue weighted by molar-refractivity contribution is 6.46. The van der Waals surface area contributed by atoms with Gasteiger partial charge in [0.05, 0.1) is 31.5 Å². The Morgan fingerprint density at radius 2 is 1.74 bits per heavy atom. The third-order valence-electron chi connectivity index (χ3n) is 6.30. The zero-order chi connectivity index (χ0) is 26.6. The summed E-state index contributed by atoms with van der Waals surface area (Å²) in [6.45, 7) is 0.373. The Morgan fingerprint density at radius 1 is 0.974 bits per heavy atom. The Balaban J connectivity index is 1.56. The van der Waals surface area contributed by atoms with Gasteiger partial charge >= 0.3 is 0 Å². The van der Waals surface area contributed by atoms with Gasteiger partial charge in [-0.2, -0.15) is 0 Å². The number of hydrogen-bond donors (Lipinski definition) is 1. The van der Waals surface area contributed by atoms with Crippen LogP contribution in [0.4, 0.5) is 0 Å². The number of aliphatic hydroxyl groups is 1. The lowest BCUT2D eigenvalue weighted by atomic mass is 9.95. The molecule has 1 N–H and O–H groups in total. The molecule has 4 aromatic rings. The predicted octanol–water partition coefficient (Wildman–Crippen LogP) is 6.14. The molecule has 1 atom stereocenters. The number of benzene rings is 3. The highest BCUT2D eigenvalue weighted by Crippen LogP contribution is 2.43. The molecule has 7 nitrogen and oxygen atoms in total. The predicted molar refractivity (Wildman–Crippen MR) is 142 cm³/mol. The molecule has 1 fully saturated rings. The van der Waals surface area contributed by atoms with Crippen LogP contribution in [0.5, 0.6) is 11.5 Å². The Bertz CT molecular complexity index is 1480. The van der Waals surface area contributed by atoms with Gasteiger partial charge in [0.2, 0.25) is 0 Å². The van der Waals surface area contributed by atoms with E-state index in [1.165, 1.54) is 18.3 Å². The fourth-order valence-electron chi connectivity index (χ4n) is 4.43. The number of ketones is 1. The lowest BCUT2D eigenvalue weighted by Gasteiger charge is -2.25. The molecule has 5 rings (SSSR count). The van der Waals surface area contributed by atoms with Crippen LogP contribution in [-0.2, 0) is 22.7 Å². The van der Waals surface area contributed by atoms with Crippen LogP contribution in [0.3, 0.4) is 0 Å². The summed E-state index contributed by atoms with van der Waals surface area (Å²) < 4.78 is 17.0. The summed E-state index contributed by atoms with van der Waals surface area (Å²) in [5.41, 5.74) is 1.89. The van der Waals surface area contributed by atoms with Crippen LogP contribution >= 0.6 is 11.6 Å². The van der Waals surface area contributed by atoms with Crippen molar-refractivity contribution in [1.82, 2.24) is 4.90 Å². The molecule has 0 aliphatic carbocycles. The van der Waals surface area contributed by atoms with Gasteiger partial charge in [0.15, 0.2) is 11.5 Å². The van der Waals surface area contributed by atoms with E-state index in [-0.39, 0.29) is 17.9 Å². The highest BCUT2D eigenvalue weighted by Gasteiger charge is 2.46. The first kappa shape index (κ1) is 25.2. The molecule has 1 saturated heterocycles. The van der Waals surface area contributed by atoms with E-state index in [0.717, 1.165) is 5.56 Å². The minimum atomic E-state index is -0.896. The molecule has 192 valence electrons. The average Bonchev–Trinajstić information content (AvgIpc) is 3.55. The van der Waals surface area contributed by atoms with E-state index in [1.54, 1.807) is 54.6 Å². The van der Waals surface area contributed by atoms with E-state index < -0.39 is 17.7 Å². The molecule has 1 unspecified atom stereocenters. The topological polar surface area (TPSA) is 89.2 Å². The number of carbonyl (C=O) groups is 2. The molecule has 0 radical (unpaired) electrons. The number of furan rings is 1. The van der Waals surface area contributed by atoms with E-state index in [0.29, 0.717) is 40.0 Å². The summed E-state index contributed by atoms with van der Waals surface area (Å²) in [6, 6.07) is 23.8. The molecule has 0 bridgehead atoms. The van der Waals surface area contributed by atoms with E-state index in [1.807, 2.05) is 30.3 Å². The number of halogens is 1. The zero-order valence-corrected chi connectivity index (χ0v) is 21.2. The first-order chi connectivity index (χ1) is 18.5. The van der Waals surface area contributed by atoms with Crippen LogP contribution < -0.4 is 9.47 Å². The van der Waals surface area contributed by atoms with Crippen molar-refractivity contribution in [2.75, 3.05) is 7.11 Å². The lowest BCUT2D eigenvalue weighted by molar-refractivity contribution is -0.140. The van der Waals surface area contributed by atoms with Crippen LogP contribution in [0.1, 0.15) is 28.5 Å². The molecule has 2 heterocycles. The molecule has 0 saturated carbocycles. The van der Waals surface area contributed by atoms with Crippen molar-refractivity contribution >= 4 is 29.1 Å². The number of hydrogen-bond acceptors (Lipinski definition) is 6. The van der Waals surface area contributed by atoms with Crippen LogP contribution in [0.25, 0.3) is 5.76 Å². The Kier molecular flexibility index (Phi) is 7.20. The third kappa shape index (κ3) is 5.01. The molecule has 8 heteroatoms. The molecule has 1 amide bonds. The molecule has 0 spiro atoms. The molecule has 1 aliphatic heterocycles. The fraction of sp³-hybridized carbons (Fsp3) is 0.133. The SMILES string of the molecule is COc1cc(C2/C(=C(\O)c3ccc(Cl)cc3)C(=O)C(=O)N2Cc2ccco2)ccc1OCc1ccccc1. The second-order valence-electron chi connectivity index (χ2n) is 8.70. The largest absolute Gasteiger partial charge is 0.507 e. The summed E-state index contributed by atoms with van der Waals surface area (Å²) in [4.78, 5) is 27.9. The Labute approximate surface area is 224 Å². The smallest absolute Gasteiger partial charge is 0.296 e. The fourth-order valence-corrected chi connectivity index (χ4v) is 4.56. The number of aliphatic hydroxyl groups excluding tert-OH is 1. The molecular formula is C30H24ClNO6. The van der Waals surface area contributed by atoms with Gasteiger partial charge in [-0.3, -0.25) is 9.59 Å². The van der Waals surface area contributed by atoms with Crippen molar-refractivity contribution in [2.45, 2.75) is 19.2 Å². The summed E-state index contributed by atoms with van der Waals surface area (Å²) in [7, 11) is 1.52. The Morgan fingerprint density at radius 3 is 2.42 bits per heavy atom. The molecule has 1 aromatic heterocycles. The van der Waals surface area contributed by atoms with Crippen LogP contribution in [0, 0.1) is 0 Å². The van der Waals surface area contributed by atoms with Crippen molar-refractivity contribution in [2.24, 2.45) is 0 Å². The number of amides is 1. The van der Waals surface area contributed by atoms with Crippen LogP contribution in [0.15, 0.2) is 101 Å². The zero-order valence-electron chi connectivity index (χ0n) is 20.5. The van der Waals surface area contributed by atoms with Gasteiger partial charge in [-0.05, 0) is 59.7 Å². The first-order valence-electron chi connectivity index (χ1n) is 11.9. The van der Waals surface area contributed by atoms with Gasteiger partial charge in [-0.15, -0.1) is 0 Å². The molecule has 38 heavy (non-hydrogen) atoms. The van der Waals surface area contributed by atoms with Gasteiger partial charge < -0.3 is 23.9 Å². The minimum absolute atomic E-state index is 0.0359. The van der Waals surface area contributed by atoms with E-state index in [2.05, 4.69) is 0 Å². The van der Waals surface area contributed by atoms with Crippen molar-refractivity contribution in [3.8, 4) is 11.5 Å². The maximum atomic E-state index is 13.3. The minimum Gasteiger partial charge on any atom is -0.507 e. The summed E-state index contributed by atoms with van der Waals surface area (Å²) in [5.74, 6) is -0.412. The normalized spacial score (nSPS) is 16.6. The highest BCUT2D eigenvalue weighted by atomic mass is 35.5. The van der Waals surface area contributed by atoms with Gasteiger partial charge in [-0.25, -0.2) is 0 Å². The standard InChI is InChI=1S/C30H24ClNO6/c1-36-25-16-21(11-14-24(25)38-18-19-6-3-2-4-7-19)27-26(28(33)20-9-12-22(31)13-10-20)29(34)30(35)32(27)17-23-8-5-15-37-23/h2-16,27,33H,17-18H2,1H3/b28-26+. The van der Waals surface area contributed by atoms with Gasteiger partial charge in [0.25, 0.3) is 11.7 Å². The maximum Gasteiger partial charge on any atom is 0.296 e. The van der Waals surface area contributed by atoms with Crippen LogP contribution in [0.2, 0.25) is 5.02 Å². The molecule has 3 aromatic carbocycles. The first-order valence-corrected chi connectivity index (χ1v) is 12.3. The van der Waals surface area contributed by atoms with E-state index in [4.69, 9.17) is 25.5 Å². The Hall–Kier alpha value is -4.49. The number of carbonyl (C=O) groups excluding carboxylic acids is 2. The number of ether oxygens (including phenoxy) is 2. The second-order valence-corrected chi connectivity index (χ2v) is 9.13. The number of nitrogens with zero attached hydrogens (tertiary/aromatic N) is 1. The maximum absolute atomic E-state index is 13.3. The molecule has 1 aliphatic rings. The number of likely N-dealkylation sites (tertiary alicyclic amines) is 1. The number of rotatable bonds is 8. The van der Waals surface area contributed by atoms with E-state index in [9.17, 15) is 14.7 Å². The summed E-state index contributed by atoms with van der Waals surface area (Å²) in [6.07, 6.45) is 1.50. The van der Waals surface area contributed by atoms with Crippen molar-refractivity contribution in [3.05, 3.63) is 124 Å². The van der Waals surface area contributed by atoms with Crippen LogP contribution in [-0.4, -0.2) is 28.8 Å². The van der Waals surface area contributed by atoms with E-state index >= 15 is 0 Å². The van der Waals surface area contributed by atoms with Crippen molar-refractivity contribution in [3.63, 3.8) is 0 Å². The van der Waals surface area contributed by atoms with Crippen molar-refractivity contribution < 1.29 is 28.6 Å². The lowest BCUT2D eigenvalue weighted by Crippen LogP contribution is -2.29.